The van der Waals surface area contributed by atoms with Gasteiger partial charge in [0, 0.05) is 10.5 Å². The van der Waals surface area contributed by atoms with E-state index in [2.05, 4.69) is 5.16 Å². The van der Waals surface area contributed by atoms with E-state index in [9.17, 15) is 4.79 Å². The molecule has 0 aliphatic rings. The van der Waals surface area contributed by atoms with Crippen LogP contribution in [0.15, 0.2) is 27.7 Å². The summed E-state index contributed by atoms with van der Waals surface area (Å²) in [7, 11) is 0. The molecule has 2 aromatic rings. The summed E-state index contributed by atoms with van der Waals surface area (Å²) in [5.41, 5.74) is 0.746. The van der Waals surface area contributed by atoms with Crippen LogP contribution in [0.25, 0.3) is 0 Å². The Hall–Kier alpha value is -0.970. The number of aryl methyl sites for hydroxylation is 1. The molecule has 0 spiro atoms. The molecule has 0 aliphatic heterocycles. The highest BCUT2D eigenvalue weighted by Gasteiger charge is 2.20. The molecule has 0 unspecified atom stereocenters. The maximum atomic E-state index is 12.3. The van der Waals surface area contributed by atoms with E-state index in [1.54, 1.807) is 19.1 Å². The fourth-order valence-electron chi connectivity index (χ4n) is 1.53. The monoisotopic (exact) mass is 301 g/mol. The zero-order chi connectivity index (χ0) is 13.3. The Morgan fingerprint density at radius 1 is 1.28 bits per heavy atom. The molecule has 2 rings (SSSR count). The Labute approximate surface area is 118 Å². The predicted molar refractivity (Wildman–Crippen MR) is 72.9 cm³/mol. The third-order valence-electron chi connectivity index (χ3n) is 2.51. The zero-order valence-electron chi connectivity index (χ0n) is 9.66. The first-order valence-electron chi connectivity index (χ1n) is 5.04. The molecule has 0 atom stereocenters. The summed E-state index contributed by atoms with van der Waals surface area (Å²) in [6.45, 7) is 1.67. The Kier molecular flexibility index (Phi) is 4.00. The quantitative estimate of drug-likeness (QED) is 0.628. The average Bonchev–Trinajstić information content (AvgIpc) is 2.78. The highest BCUT2D eigenvalue weighted by atomic mass is 35.5. The molecular formula is C12H9Cl2NO2S. The Bertz CT molecular complexity index is 610. The van der Waals surface area contributed by atoms with E-state index >= 15 is 0 Å². The van der Waals surface area contributed by atoms with Gasteiger partial charge in [-0.3, -0.25) is 4.79 Å². The van der Waals surface area contributed by atoms with Gasteiger partial charge < -0.3 is 4.52 Å². The van der Waals surface area contributed by atoms with Crippen LogP contribution < -0.4 is 0 Å². The minimum Gasteiger partial charge on any atom is -0.361 e. The molecule has 18 heavy (non-hydrogen) atoms. The number of hydrogen-bond acceptors (Lipinski definition) is 4. The zero-order valence-corrected chi connectivity index (χ0v) is 12.0. The first kappa shape index (κ1) is 13.5. The normalized spacial score (nSPS) is 10.7. The topological polar surface area (TPSA) is 43.1 Å². The van der Waals surface area contributed by atoms with E-state index in [1.165, 1.54) is 18.0 Å². The van der Waals surface area contributed by atoms with Gasteiger partial charge in [-0.15, -0.1) is 11.8 Å². The van der Waals surface area contributed by atoms with Gasteiger partial charge in [-0.25, -0.2) is 0 Å². The SMILES string of the molecule is CSc1ccc(C(=O)c2cnoc2C)c(Cl)c1Cl. The van der Waals surface area contributed by atoms with Crippen LogP contribution in [0.4, 0.5) is 0 Å². The Morgan fingerprint density at radius 3 is 2.56 bits per heavy atom. The van der Waals surface area contributed by atoms with Crippen molar-refractivity contribution < 1.29 is 9.32 Å². The van der Waals surface area contributed by atoms with Crippen LogP contribution in [0.1, 0.15) is 21.7 Å². The van der Waals surface area contributed by atoms with Gasteiger partial charge in [-0.2, -0.15) is 0 Å². The minimum atomic E-state index is -0.242. The van der Waals surface area contributed by atoms with Gasteiger partial charge >= 0.3 is 0 Å². The summed E-state index contributed by atoms with van der Waals surface area (Å²) < 4.78 is 4.87. The number of aromatic nitrogens is 1. The van der Waals surface area contributed by atoms with Crippen LogP contribution in [0.5, 0.6) is 0 Å². The van der Waals surface area contributed by atoms with Gasteiger partial charge in [0.05, 0.1) is 21.8 Å². The molecule has 1 heterocycles. The van der Waals surface area contributed by atoms with Gasteiger partial charge in [-0.1, -0.05) is 28.4 Å². The number of nitrogens with zero attached hydrogens (tertiary/aromatic N) is 1. The maximum absolute atomic E-state index is 12.3. The van der Waals surface area contributed by atoms with E-state index in [0.717, 1.165) is 4.90 Å². The molecular weight excluding hydrogens is 293 g/mol. The van der Waals surface area contributed by atoms with Crippen LogP contribution in [0.3, 0.4) is 0 Å². The summed E-state index contributed by atoms with van der Waals surface area (Å²) in [5.74, 6) is 0.217. The number of halogens is 2. The molecule has 0 N–H and O–H groups in total. The number of carbonyl (C=O) groups excluding carboxylic acids is 1. The van der Waals surface area contributed by atoms with E-state index in [1.807, 2.05) is 6.26 Å². The molecule has 1 aromatic heterocycles. The van der Waals surface area contributed by atoms with Crippen molar-refractivity contribution in [2.24, 2.45) is 0 Å². The molecule has 0 amide bonds. The van der Waals surface area contributed by atoms with Crippen molar-refractivity contribution in [1.29, 1.82) is 0 Å². The maximum Gasteiger partial charge on any atom is 0.199 e. The number of thioether (sulfide) groups is 1. The van der Waals surface area contributed by atoms with Crippen LogP contribution in [-0.2, 0) is 0 Å². The van der Waals surface area contributed by atoms with Gasteiger partial charge in [-0.05, 0) is 25.3 Å². The van der Waals surface area contributed by atoms with E-state index in [0.29, 0.717) is 21.9 Å². The summed E-state index contributed by atoms with van der Waals surface area (Å²) in [5, 5.41) is 4.23. The minimum absolute atomic E-state index is 0.242. The fraction of sp³-hybridized carbons (Fsp3) is 0.167. The molecule has 0 radical (unpaired) electrons. The lowest BCUT2D eigenvalue weighted by molar-refractivity contribution is 0.103. The van der Waals surface area contributed by atoms with Crippen molar-refractivity contribution in [2.75, 3.05) is 6.26 Å². The smallest absolute Gasteiger partial charge is 0.199 e. The number of ketones is 1. The van der Waals surface area contributed by atoms with Gasteiger partial charge in [0.15, 0.2) is 5.78 Å². The predicted octanol–water partition coefficient (Wildman–Crippen LogP) is 4.24. The van der Waals surface area contributed by atoms with E-state index in [-0.39, 0.29) is 10.8 Å². The van der Waals surface area contributed by atoms with Crippen LogP contribution in [-0.4, -0.2) is 17.2 Å². The molecule has 6 heteroatoms. The third-order valence-corrected chi connectivity index (χ3v) is 4.28. The average molecular weight is 302 g/mol. The second kappa shape index (κ2) is 5.34. The van der Waals surface area contributed by atoms with Gasteiger partial charge in [0.25, 0.3) is 0 Å². The molecule has 0 aliphatic carbocycles. The molecule has 94 valence electrons. The summed E-state index contributed by atoms with van der Waals surface area (Å²) in [6.07, 6.45) is 3.27. The summed E-state index contributed by atoms with van der Waals surface area (Å²) in [4.78, 5) is 13.1. The fourth-order valence-corrected chi connectivity index (χ4v) is 2.71. The van der Waals surface area contributed by atoms with Crippen LogP contribution in [0, 0.1) is 6.92 Å². The van der Waals surface area contributed by atoms with Gasteiger partial charge in [0.1, 0.15) is 5.76 Å². The molecule has 0 saturated heterocycles. The molecule has 3 nitrogen and oxygen atoms in total. The lowest BCUT2D eigenvalue weighted by Gasteiger charge is -2.07. The molecule has 0 bridgehead atoms. The van der Waals surface area contributed by atoms with Crippen molar-refractivity contribution in [3.63, 3.8) is 0 Å². The van der Waals surface area contributed by atoms with Crippen LogP contribution in [0.2, 0.25) is 10.0 Å². The molecule has 1 aromatic carbocycles. The largest absolute Gasteiger partial charge is 0.361 e. The number of hydrogen-bond donors (Lipinski definition) is 0. The van der Waals surface area contributed by atoms with Gasteiger partial charge in [0.2, 0.25) is 0 Å². The van der Waals surface area contributed by atoms with Crippen molar-refractivity contribution in [1.82, 2.24) is 5.16 Å². The van der Waals surface area contributed by atoms with E-state index < -0.39 is 0 Å². The lowest BCUT2D eigenvalue weighted by atomic mass is 10.0. The van der Waals surface area contributed by atoms with Crippen LogP contribution >= 0.6 is 35.0 Å². The standard InChI is InChI=1S/C12H9Cl2NO2S/c1-6-8(5-15-17-6)12(16)7-3-4-9(18-2)11(14)10(7)13/h3-5H,1-2H3. The number of benzene rings is 1. The Morgan fingerprint density at radius 2 is 2.00 bits per heavy atom. The number of carbonyl (C=O) groups is 1. The third kappa shape index (κ3) is 2.28. The van der Waals surface area contributed by atoms with Crippen molar-refractivity contribution in [2.45, 2.75) is 11.8 Å². The van der Waals surface area contributed by atoms with E-state index in [4.69, 9.17) is 27.7 Å². The molecule has 0 saturated carbocycles. The first-order chi connectivity index (χ1) is 8.56. The highest BCUT2D eigenvalue weighted by Crippen LogP contribution is 2.35. The summed E-state index contributed by atoms with van der Waals surface area (Å²) >= 11 is 13.7. The first-order valence-corrected chi connectivity index (χ1v) is 7.02. The highest BCUT2D eigenvalue weighted by molar-refractivity contribution is 7.98. The number of rotatable bonds is 3. The second-order valence-corrected chi connectivity index (χ2v) is 5.17. The van der Waals surface area contributed by atoms with Crippen molar-refractivity contribution in [3.8, 4) is 0 Å². The van der Waals surface area contributed by atoms with Crippen molar-refractivity contribution in [3.05, 3.63) is 45.3 Å². The molecule has 0 fully saturated rings. The van der Waals surface area contributed by atoms with Crippen molar-refractivity contribution >= 4 is 40.7 Å². The Balaban J connectivity index is 2.50. The summed E-state index contributed by atoms with van der Waals surface area (Å²) in [6, 6.07) is 3.43. The second-order valence-electron chi connectivity index (χ2n) is 3.57. The lowest BCUT2D eigenvalue weighted by Crippen LogP contribution is -2.03.